The van der Waals surface area contributed by atoms with Gasteiger partial charge in [0.05, 0.1) is 19.7 Å². The highest BCUT2D eigenvalue weighted by Gasteiger charge is 2.83. The molecule has 0 amide bonds. The SMILES string of the molecule is C=CC[N+]1(C)[C@H]2C[C@H](CC(C#N)(c3ccccc3)c3ccccc3)C[C@@H]3CCC321.[I-]. The summed E-state index contributed by atoms with van der Waals surface area (Å²) in [5.74, 6) is 1.43. The standard InChI is InChI=1S/C27H31N2.HI/c1-3-16-29(2)25-18-21(17-24-14-15-27(24,25)29)19-26(20-28,22-10-6-4-7-11-22)23-12-8-5-9-13-23;/h3-13,21,24-25H,1,14-19H2,2H3;1H/q+1;/p-1/t21-,24+,25+,27?,29?;/m1./s1. The zero-order valence-corrected chi connectivity index (χ0v) is 20.0. The summed E-state index contributed by atoms with van der Waals surface area (Å²) in [6.07, 6.45) is 8.34. The van der Waals surface area contributed by atoms with E-state index in [-0.39, 0.29) is 24.0 Å². The third-order valence-electron chi connectivity index (χ3n) is 8.75. The third kappa shape index (κ3) is 2.83. The number of nitriles is 1. The van der Waals surface area contributed by atoms with E-state index in [4.69, 9.17) is 0 Å². The number of hydrogen-bond acceptors (Lipinski definition) is 1. The van der Waals surface area contributed by atoms with Gasteiger partial charge in [-0.2, -0.15) is 5.26 Å². The van der Waals surface area contributed by atoms with Crippen LogP contribution in [-0.4, -0.2) is 29.7 Å². The Morgan fingerprint density at radius 3 is 2.17 bits per heavy atom. The Morgan fingerprint density at radius 2 is 1.70 bits per heavy atom. The molecular weight excluding hydrogens is 479 g/mol. The van der Waals surface area contributed by atoms with Crippen molar-refractivity contribution < 1.29 is 28.5 Å². The summed E-state index contributed by atoms with van der Waals surface area (Å²) in [7, 11) is 2.45. The molecule has 1 heterocycles. The van der Waals surface area contributed by atoms with E-state index < -0.39 is 5.41 Å². The Hall–Kier alpha value is -1.64. The fraction of sp³-hybridized carbons (Fsp3) is 0.444. The first-order chi connectivity index (χ1) is 14.1. The number of nitrogens with zero attached hydrogens (tertiary/aromatic N) is 2. The summed E-state index contributed by atoms with van der Waals surface area (Å²) >= 11 is 0. The van der Waals surface area contributed by atoms with Crippen LogP contribution in [0.15, 0.2) is 73.3 Å². The largest absolute Gasteiger partial charge is 1.00 e. The molecule has 1 aliphatic heterocycles. The van der Waals surface area contributed by atoms with Crippen LogP contribution in [-0.2, 0) is 5.41 Å². The molecule has 0 aromatic heterocycles. The molecule has 2 aliphatic carbocycles. The zero-order valence-electron chi connectivity index (χ0n) is 17.8. The molecule has 5 rings (SSSR count). The summed E-state index contributed by atoms with van der Waals surface area (Å²) in [6, 6.07) is 24.5. The maximum Gasteiger partial charge on any atom is 0.155 e. The lowest BCUT2D eigenvalue weighted by molar-refractivity contribution is -0.821. The van der Waals surface area contributed by atoms with Crippen molar-refractivity contribution in [3.63, 3.8) is 0 Å². The highest BCUT2D eigenvalue weighted by molar-refractivity contribution is 5.46. The predicted octanol–water partition coefficient (Wildman–Crippen LogP) is 2.46. The molecule has 0 bridgehead atoms. The van der Waals surface area contributed by atoms with Crippen LogP contribution >= 0.6 is 0 Å². The van der Waals surface area contributed by atoms with Gasteiger partial charge in [-0.15, -0.1) is 0 Å². The van der Waals surface area contributed by atoms with Crippen LogP contribution in [0.3, 0.4) is 0 Å². The van der Waals surface area contributed by atoms with Gasteiger partial charge in [-0.25, -0.2) is 0 Å². The van der Waals surface area contributed by atoms with Gasteiger partial charge in [0.1, 0.15) is 11.5 Å². The smallest absolute Gasteiger partial charge is 0.155 e. The third-order valence-corrected chi connectivity index (χ3v) is 8.75. The number of likely N-dealkylation sites (tertiary alicyclic amines) is 1. The molecule has 1 saturated heterocycles. The summed E-state index contributed by atoms with van der Waals surface area (Å²) in [5, 5.41) is 10.5. The van der Waals surface area contributed by atoms with E-state index in [1.165, 1.54) is 30.2 Å². The first-order valence-electron chi connectivity index (χ1n) is 11.1. The molecular formula is C27H31IN2. The number of rotatable bonds is 6. The summed E-state index contributed by atoms with van der Waals surface area (Å²) in [6.45, 7) is 5.13. The Bertz CT molecular complexity index is 910. The molecule has 2 unspecified atom stereocenters. The number of halogens is 1. The van der Waals surface area contributed by atoms with Gasteiger partial charge in [-0.05, 0) is 42.4 Å². The summed E-state index contributed by atoms with van der Waals surface area (Å²) in [4.78, 5) is 0. The van der Waals surface area contributed by atoms with Crippen molar-refractivity contribution in [3.8, 4) is 6.07 Å². The fourth-order valence-electron chi connectivity index (χ4n) is 7.31. The number of likely N-dealkylation sites (N-methyl/N-ethyl adjacent to an activating group) is 1. The van der Waals surface area contributed by atoms with Crippen LogP contribution in [0.25, 0.3) is 0 Å². The van der Waals surface area contributed by atoms with Crippen molar-refractivity contribution in [1.82, 2.24) is 0 Å². The monoisotopic (exact) mass is 510 g/mol. The Morgan fingerprint density at radius 1 is 1.10 bits per heavy atom. The molecule has 2 aromatic rings. The molecule has 5 atom stereocenters. The molecule has 2 nitrogen and oxygen atoms in total. The fourth-order valence-corrected chi connectivity index (χ4v) is 7.31. The van der Waals surface area contributed by atoms with E-state index >= 15 is 0 Å². The van der Waals surface area contributed by atoms with Crippen molar-refractivity contribution >= 4 is 0 Å². The molecule has 156 valence electrons. The molecule has 30 heavy (non-hydrogen) atoms. The Kier molecular flexibility index (Phi) is 5.61. The van der Waals surface area contributed by atoms with Gasteiger partial charge in [-0.3, -0.25) is 0 Å². The minimum atomic E-state index is -0.562. The van der Waals surface area contributed by atoms with Gasteiger partial charge in [0.25, 0.3) is 0 Å². The number of benzene rings is 2. The van der Waals surface area contributed by atoms with Crippen molar-refractivity contribution in [2.24, 2.45) is 11.8 Å². The molecule has 1 spiro atoms. The Labute approximate surface area is 198 Å². The second kappa shape index (κ2) is 7.80. The second-order valence-electron chi connectivity index (χ2n) is 9.77. The zero-order chi connectivity index (χ0) is 20.1. The van der Waals surface area contributed by atoms with Gasteiger partial charge in [0, 0.05) is 18.8 Å². The van der Waals surface area contributed by atoms with Gasteiger partial charge >= 0.3 is 0 Å². The maximum atomic E-state index is 10.5. The molecule has 3 aliphatic rings. The second-order valence-corrected chi connectivity index (χ2v) is 9.77. The van der Waals surface area contributed by atoms with Gasteiger partial charge in [0.2, 0.25) is 0 Å². The number of hydrogen-bond donors (Lipinski definition) is 0. The molecule has 3 heteroatoms. The van der Waals surface area contributed by atoms with Crippen LogP contribution in [0, 0.1) is 23.2 Å². The molecule has 2 aromatic carbocycles. The van der Waals surface area contributed by atoms with Crippen molar-refractivity contribution in [2.75, 3.05) is 13.6 Å². The van der Waals surface area contributed by atoms with Crippen molar-refractivity contribution in [3.05, 3.63) is 84.4 Å². The minimum absolute atomic E-state index is 0. The van der Waals surface area contributed by atoms with Crippen molar-refractivity contribution in [2.45, 2.75) is 49.1 Å². The first kappa shape index (κ1) is 21.6. The molecule has 0 radical (unpaired) electrons. The quantitative estimate of drug-likeness (QED) is 0.254. The van der Waals surface area contributed by atoms with E-state index in [0.717, 1.165) is 36.1 Å². The van der Waals surface area contributed by atoms with E-state index in [1.807, 2.05) is 12.1 Å². The highest BCUT2D eigenvalue weighted by Crippen LogP contribution is 2.70. The average molecular weight is 510 g/mol. The van der Waals surface area contributed by atoms with Crippen LogP contribution < -0.4 is 24.0 Å². The van der Waals surface area contributed by atoms with Crippen LogP contribution in [0.5, 0.6) is 0 Å². The summed E-state index contributed by atoms with van der Waals surface area (Å²) in [5.41, 5.74) is 2.25. The first-order valence-corrected chi connectivity index (χ1v) is 11.1. The van der Waals surface area contributed by atoms with Crippen molar-refractivity contribution in [1.29, 1.82) is 5.26 Å². The van der Waals surface area contributed by atoms with Crippen LogP contribution in [0.2, 0.25) is 0 Å². The van der Waals surface area contributed by atoms with Gasteiger partial charge in [-0.1, -0.05) is 67.2 Å². The van der Waals surface area contributed by atoms with E-state index in [1.54, 1.807) is 0 Å². The summed E-state index contributed by atoms with van der Waals surface area (Å²) < 4.78 is 1.20. The number of quaternary nitrogens is 1. The van der Waals surface area contributed by atoms with E-state index in [0.29, 0.717) is 11.5 Å². The lowest BCUT2D eigenvalue weighted by atomic mass is 9.58. The van der Waals surface area contributed by atoms with E-state index in [9.17, 15) is 5.26 Å². The normalized spacial score (nSPS) is 33.7. The molecule has 0 N–H and O–H groups in total. The topological polar surface area (TPSA) is 23.8 Å². The van der Waals surface area contributed by atoms with Gasteiger partial charge < -0.3 is 28.5 Å². The highest BCUT2D eigenvalue weighted by atomic mass is 127. The lowest BCUT2D eigenvalue weighted by Gasteiger charge is -2.42. The lowest BCUT2D eigenvalue weighted by Crippen LogP contribution is -3.00. The van der Waals surface area contributed by atoms with Crippen LogP contribution in [0.4, 0.5) is 0 Å². The van der Waals surface area contributed by atoms with E-state index in [2.05, 4.69) is 74.3 Å². The maximum absolute atomic E-state index is 10.5. The average Bonchev–Trinajstić information content (AvgIpc) is 3.30. The molecule has 2 saturated carbocycles. The van der Waals surface area contributed by atoms with Gasteiger partial charge in [0.15, 0.2) is 5.54 Å². The Balaban J connectivity index is 0.00000218. The van der Waals surface area contributed by atoms with Crippen LogP contribution in [0.1, 0.15) is 43.2 Å². The predicted molar refractivity (Wildman–Crippen MR) is 117 cm³/mol. The molecule has 3 fully saturated rings. The minimum Gasteiger partial charge on any atom is -1.00 e.